The van der Waals surface area contributed by atoms with Gasteiger partial charge in [-0.3, -0.25) is 0 Å². The van der Waals surface area contributed by atoms with E-state index in [0.29, 0.717) is 17.5 Å². The smallest absolute Gasteiger partial charge is 0.164 e. The Morgan fingerprint density at radius 2 is 0.712 bits per heavy atom. The molecule has 12 rings (SSSR count). The molecule has 0 saturated heterocycles. The van der Waals surface area contributed by atoms with Gasteiger partial charge in [-0.15, -0.1) is 0 Å². The van der Waals surface area contributed by atoms with Crippen molar-refractivity contribution in [3.63, 3.8) is 0 Å². The van der Waals surface area contributed by atoms with E-state index in [-0.39, 0.29) is 5.41 Å². The van der Waals surface area contributed by atoms with Gasteiger partial charge >= 0.3 is 0 Å². The number of aromatic nitrogens is 3. The van der Waals surface area contributed by atoms with Gasteiger partial charge in [-0.2, -0.15) is 0 Å². The maximum absolute atomic E-state index is 5.34. The third-order valence-corrected chi connectivity index (χ3v) is 12.7. The SMILES string of the molecule is CC1(C)c2ccccc2-c2cccc(-c3cccc4c(-c5nc(-c6ccc7ccc8ccccc8c7c6)nc(-c6ccc7ccc8ccccc8c7c6)n5)cccc34)c21. The molecule has 59 heavy (non-hydrogen) atoms. The molecular formula is C56H37N3. The van der Waals surface area contributed by atoms with Gasteiger partial charge in [-0.1, -0.05) is 190 Å². The van der Waals surface area contributed by atoms with Gasteiger partial charge in [0, 0.05) is 22.1 Å². The molecule has 1 heterocycles. The molecule has 0 fully saturated rings. The number of hydrogen-bond acceptors (Lipinski definition) is 3. The molecule has 0 N–H and O–H groups in total. The summed E-state index contributed by atoms with van der Waals surface area (Å²) in [5, 5.41) is 11.8. The van der Waals surface area contributed by atoms with Crippen LogP contribution in [-0.2, 0) is 5.41 Å². The van der Waals surface area contributed by atoms with Crippen LogP contribution in [0.1, 0.15) is 25.0 Å². The summed E-state index contributed by atoms with van der Waals surface area (Å²) in [7, 11) is 0. The van der Waals surface area contributed by atoms with Crippen LogP contribution in [0.3, 0.4) is 0 Å². The van der Waals surface area contributed by atoms with E-state index < -0.39 is 0 Å². The quantitative estimate of drug-likeness (QED) is 0.168. The predicted molar refractivity (Wildman–Crippen MR) is 247 cm³/mol. The van der Waals surface area contributed by atoms with Crippen molar-refractivity contribution in [2.75, 3.05) is 0 Å². The van der Waals surface area contributed by atoms with Crippen LogP contribution in [0, 0.1) is 0 Å². The van der Waals surface area contributed by atoms with Crippen LogP contribution in [-0.4, -0.2) is 15.0 Å². The molecule has 1 aliphatic carbocycles. The van der Waals surface area contributed by atoms with Crippen molar-refractivity contribution in [2.45, 2.75) is 19.3 Å². The lowest BCUT2D eigenvalue weighted by molar-refractivity contribution is 0.662. The highest BCUT2D eigenvalue weighted by molar-refractivity contribution is 6.10. The fraction of sp³-hybridized carbons (Fsp3) is 0.0536. The van der Waals surface area contributed by atoms with Crippen LogP contribution in [0.25, 0.3) is 110 Å². The Hall–Kier alpha value is -7.49. The zero-order chi connectivity index (χ0) is 39.2. The standard InChI is InChI=1S/C56H37N3/c1-56(2)51-23-8-7-16-45(51)47-21-11-20-46(52(47)56)43-18-9-19-44-42(43)17-10-22-48(44)55-58-53(38-30-28-36-26-24-34-12-3-5-14-40(34)49(36)32-38)57-54(59-55)39-31-29-37-27-25-35-13-4-6-15-41(35)50(37)33-39/h3-33H,1-2H3. The summed E-state index contributed by atoms with van der Waals surface area (Å²) in [6.45, 7) is 4.72. The molecule has 1 aliphatic rings. The first-order valence-corrected chi connectivity index (χ1v) is 20.4. The summed E-state index contributed by atoms with van der Waals surface area (Å²) in [5.74, 6) is 1.94. The maximum atomic E-state index is 5.34. The summed E-state index contributed by atoms with van der Waals surface area (Å²) < 4.78 is 0. The molecule has 1 aromatic heterocycles. The molecule has 0 radical (unpaired) electrons. The van der Waals surface area contributed by atoms with Gasteiger partial charge in [-0.25, -0.2) is 15.0 Å². The molecule has 0 spiro atoms. The van der Waals surface area contributed by atoms with Crippen molar-refractivity contribution in [2.24, 2.45) is 0 Å². The molecular weight excluding hydrogens is 715 g/mol. The Morgan fingerprint density at radius 1 is 0.305 bits per heavy atom. The van der Waals surface area contributed by atoms with E-state index in [1.807, 2.05) is 0 Å². The highest BCUT2D eigenvalue weighted by atomic mass is 15.0. The zero-order valence-corrected chi connectivity index (χ0v) is 32.7. The van der Waals surface area contributed by atoms with Crippen molar-refractivity contribution in [3.8, 4) is 56.4 Å². The van der Waals surface area contributed by atoms with Crippen molar-refractivity contribution in [1.29, 1.82) is 0 Å². The van der Waals surface area contributed by atoms with E-state index in [0.717, 1.165) is 22.1 Å². The Balaban J connectivity index is 1.09. The lowest BCUT2D eigenvalue weighted by Gasteiger charge is -2.25. The number of hydrogen-bond donors (Lipinski definition) is 0. The third kappa shape index (κ3) is 5.18. The zero-order valence-electron chi connectivity index (χ0n) is 32.7. The number of nitrogens with zero attached hydrogens (tertiary/aromatic N) is 3. The fourth-order valence-corrected chi connectivity index (χ4v) is 9.85. The average molecular weight is 752 g/mol. The molecule has 0 amide bonds. The van der Waals surface area contributed by atoms with Crippen LogP contribution < -0.4 is 0 Å². The highest BCUT2D eigenvalue weighted by Crippen LogP contribution is 2.53. The number of fused-ring (bicyclic) bond motifs is 10. The van der Waals surface area contributed by atoms with Gasteiger partial charge in [-0.05, 0) is 99.4 Å². The second kappa shape index (κ2) is 12.8. The van der Waals surface area contributed by atoms with E-state index >= 15 is 0 Å². The number of rotatable bonds is 4. The van der Waals surface area contributed by atoms with E-state index in [9.17, 15) is 0 Å². The Labute approximate surface area is 342 Å². The molecule has 0 saturated carbocycles. The minimum Gasteiger partial charge on any atom is -0.208 e. The first-order valence-electron chi connectivity index (χ1n) is 20.4. The van der Waals surface area contributed by atoms with E-state index in [1.165, 1.54) is 81.9 Å². The topological polar surface area (TPSA) is 38.7 Å². The number of benzene rings is 10. The first-order chi connectivity index (χ1) is 29.0. The molecule has 0 bridgehead atoms. The minimum absolute atomic E-state index is 0.142. The van der Waals surface area contributed by atoms with Gasteiger partial charge in [0.15, 0.2) is 17.5 Å². The second-order valence-electron chi connectivity index (χ2n) is 16.4. The van der Waals surface area contributed by atoms with Crippen LogP contribution >= 0.6 is 0 Å². The van der Waals surface area contributed by atoms with Crippen LogP contribution in [0.2, 0.25) is 0 Å². The Morgan fingerprint density at radius 3 is 1.34 bits per heavy atom. The largest absolute Gasteiger partial charge is 0.208 e. The van der Waals surface area contributed by atoms with Crippen molar-refractivity contribution >= 4 is 53.9 Å². The van der Waals surface area contributed by atoms with Crippen molar-refractivity contribution in [3.05, 3.63) is 199 Å². The summed E-state index contributed by atoms with van der Waals surface area (Å²) in [4.78, 5) is 15.9. The summed E-state index contributed by atoms with van der Waals surface area (Å²) in [6, 6.07) is 67.9. The Bertz CT molecular complexity index is 3410. The third-order valence-electron chi connectivity index (χ3n) is 12.7. The normalized spacial score (nSPS) is 13.1. The summed E-state index contributed by atoms with van der Waals surface area (Å²) >= 11 is 0. The summed E-state index contributed by atoms with van der Waals surface area (Å²) in [5.41, 5.74) is 10.6. The van der Waals surface area contributed by atoms with Crippen LogP contribution in [0.15, 0.2) is 188 Å². The van der Waals surface area contributed by atoms with Gasteiger partial charge in [0.2, 0.25) is 0 Å². The molecule has 10 aromatic carbocycles. The van der Waals surface area contributed by atoms with Gasteiger partial charge < -0.3 is 0 Å². The second-order valence-corrected chi connectivity index (χ2v) is 16.4. The van der Waals surface area contributed by atoms with Crippen molar-refractivity contribution < 1.29 is 0 Å². The van der Waals surface area contributed by atoms with Gasteiger partial charge in [0.25, 0.3) is 0 Å². The molecule has 276 valence electrons. The lowest BCUT2D eigenvalue weighted by atomic mass is 9.78. The summed E-state index contributed by atoms with van der Waals surface area (Å²) in [6.07, 6.45) is 0. The monoisotopic (exact) mass is 751 g/mol. The predicted octanol–water partition coefficient (Wildman–Crippen LogP) is 14.6. The first kappa shape index (κ1) is 33.6. The lowest BCUT2D eigenvalue weighted by Crippen LogP contribution is -2.16. The average Bonchev–Trinajstić information content (AvgIpc) is 3.54. The highest BCUT2D eigenvalue weighted by Gasteiger charge is 2.37. The molecule has 3 heteroatoms. The maximum Gasteiger partial charge on any atom is 0.164 e. The van der Waals surface area contributed by atoms with Gasteiger partial charge in [0.05, 0.1) is 0 Å². The molecule has 11 aromatic rings. The fourth-order valence-electron chi connectivity index (χ4n) is 9.85. The van der Waals surface area contributed by atoms with Crippen LogP contribution in [0.4, 0.5) is 0 Å². The van der Waals surface area contributed by atoms with E-state index in [4.69, 9.17) is 15.0 Å². The Kier molecular flexibility index (Phi) is 7.27. The molecule has 0 aliphatic heterocycles. The molecule has 3 nitrogen and oxygen atoms in total. The minimum atomic E-state index is -0.142. The van der Waals surface area contributed by atoms with Crippen LogP contribution in [0.5, 0.6) is 0 Å². The van der Waals surface area contributed by atoms with E-state index in [1.54, 1.807) is 0 Å². The molecule has 0 atom stereocenters. The van der Waals surface area contributed by atoms with Crippen molar-refractivity contribution in [1.82, 2.24) is 15.0 Å². The molecule has 0 unspecified atom stereocenters. The van der Waals surface area contributed by atoms with E-state index in [2.05, 4.69) is 202 Å². The van der Waals surface area contributed by atoms with Gasteiger partial charge in [0.1, 0.15) is 0 Å².